The average Bonchev–Trinajstić information content (AvgIpc) is 2.41. The van der Waals surface area contributed by atoms with Crippen molar-refractivity contribution < 1.29 is 13.5 Å². The molecule has 116 valence electrons. The van der Waals surface area contributed by atoms with E-state index in [0.29, 0.717) is 11.2 Å². The van der Waals surface area contributed by atoms with Gasteiger partial charge < -0.3 is 4.74 Å². The summed E-state index contributed by atoms with van der Waals surface area (Å²) in [5.41, 5.74) is 0.161. The summed E-state index contributed by atoms with van der Waals surface area (Å²) in [6.45, 7) is 5.01. The first kappa shape index (κ1) is 16.2. The van der Waals surface area contributed by atoms with Crippen molar-refractivity contribution in [2.45, 2.75) is 33.0 Å². The molecule has 2 rings (SSSR count). The van der Waals surface area contributed by atoms with E-state index in [-0.39, 0.29) is 17.4 Å². The fourth-order valence-corrected chi connectivity index (χ4v) is 2.01. The summed E-state index contributed by atoms with van der Waals surface area (Å²) < 4.78 is 33.9. The summed E-state index contributed by atoms with van der Waals surface area (Å²) in [6.07, 6.45) is -0.178. The second kappa shape index (κ2) is 6.29. The Kier molecular flexibility index (Phi) is 4.64. The maximum Gasteiger partial charge on any atom is 0.271 e. The number of nitrogens with zero attached hydrogens (tertiary/aromatic N) is 2. The van der Waals surface area contributed by atoms with Crippen LogP contribution in [0.5, 0.6) is 5.75 Å². The van der Waals surface area contributed by atoms with Crippen LogP contribution in [-0.2, 0) is 0 Å². The van der Waals surface area contributed by atoms with Crippen LogP contribution in [0.2, 0.25) is 0 Å². The fourth-order valence-electron chi connectivity index (χ4n) is 2.01. The highest BCUT2D eigenvalue weighted by Crippen LogP contribution is 2.19. The van der Waals surface area contributed by atoms with Gasteiger partial charge in [0.05, 0.1) is 12.3 Å². The molecule has 0 saturated heterocycles. The quantitative estimate of drug-likeness (QED) is 0.803. The van der Waals surface area contributed by atoms with Crippen LogP contribution in [0.15, 0.2) is 29.2 Å². The number of alkyl halides is 1. The van der Waals surface area contributed by atoms with Crippen LogP contribution >= 0.6 is 0 Å². The molecular weight excluding hydrogens is 289 g/mol. The van der Waals surface area contributed by atoms with E-state index in [4.69, 9.17) is 4.74 Å². The summed E-state index contributed by atoms with van der Waals surface area (Å²) in [4.78, 5) is 12.0. The van der Waals surface area contributed by atoms with Crippen LogP contribution in [0.4, 0.5) is 8.78 Å². The standard InChI is InChI=1S/C15H17BF2N2O2/c1-8(2)22-14-6-13(12(18)5-11(14)16)20-15(21)4-10(7-19-20)9(3)17/h4-9H,16H2,1-3H3. The van der Waals surface area contributed by atoms with E-state index >= 15 is 0 Å². The van der Waals surface area contributed by atoms with Crippen molar-refractivity contribution in [3.05, 3.63) is 46.1 Å². The number of hydrogen-bond acceptors (Lipinski definition) is 3. The zero-order valence-corrected chi connectivity index (χ0v) is 12.9. The number of halogens is 2. The lowest BCUT2D eigenvalue weighted by molar-refractivity contribution is 0.244. The van der Waals surface area contributed by atoms with E-state index in [1.807, 2.05) is 13.8 Å². The Morgan fingerprint density at radius 2 is 1.95 bits per heavy atom. The number of aromatic nitrogens is 2. The molecule has 22 heavy (non-hydrogen) atoms. The van der Waals surface area contributed by atoms with Crippen LogP contribution in [0.1, 0.15) is 32.5 Å². The summed E-state index contributed by atoms with van der Waals surface area (Å²) >= 11 is 0. The van der Waals surface area contributed by atoms with Gasteiger partial charge in [0, 0.05) is 17.7 Å². The first-order valence-electron chi connectivity index (χ1n) is 7.00. The normalized spacial score (nSPS) is 12.5. The van der Waals surface area contributed by atoms with Gasteiger partial charge in [0.2, 0.25) is 0 Å². The third-order valence-corrected chi connectivity index (χ3v) is 3.12. The van der Waals surface area contributed by atoms with Crippen molar-refractivity contribution in [1.29, 1.82) is 0 Å². The van der Waals surface area contributed by atoms with Gasteiger partial charge in [-0.05, 0) is 32.3 Å². The topological polar surface area (TPSA) is 44.1 Å². The molecule has 2 aromatic rings. The smallest absolute Gasteiger partial charge is 0.271 e. The average molecular weight is 306 g/mol. The van der Waals surface area contributed by atoms with E-state index in [0.717, 1.165) is 10.7 Å². The van der Waals surface area contributed by atoms with E-state index in [2.05, 4.69) is 5.10 Å². The molecule has 0 aliphatic heterocycles. The predicted octanol–water partition coefficient (Wildman–Crippen LogP) is 1.45. The van der Waals surface area contributed by atoms with E-state index < -0.39 is 17.5 Å². The molecule has 0 bridgehead atoms. The van der Waals surface area contributed by atoms with Gasteiger partial charge in [-0.1, -0.05) is 0 Å². The number of hydrogen-bond donors (Lipinski definition) is 0. The SMILES string of the molecule is Bc1cc(F)c(-n2ncc(C(C)F)cc2=O)cc1OC(C)C. The van der Waals surface area contributed by atoms with Gasteiger partial charge in [0.15, 0.2) is 0 Å². The molecule has 0 aliphatic rings. The summed E-state index contributed by atoms with van der Waals surface area (Å²) in [5.74, 6) is -0.118. The van der Waals surface area contributed by atoms with Gasteiger partial charge in [-0.25, -0.2) is 8.78 Å². The zero-order valence-electron chi connectivity index (χ0n) is 12.9. The van der Waals surface area contributed by atoms with Gasteiger partial charge in [-0.2, -0.15) is 9.78 Å². The molecule has 1 aromatic heterocycles. The number of benzene rings is 1. The minimum atomic E-state index is -1.31. The zero-order chi connectivity index (χ0) is 16.4. The third kappa shape index (κ3) is 3.35. The van der Waals surface area contributed by atoms with Crippen LogP contribution in [-0.4, -0.2) is 23.7 Å². The molecule has 0 spiro atoms. The maximum atomic E-state index is 14.2. The Morgan fingerprint density at radius 1 is 1.27 bits per heavy atom. The van der Waals surface area contributed by atoms with Crippen molar-refractivity contribution >= 4 is 13.3 Å². The molecule has 1 aromatic carbocycles. The third-order valence-electron chi connectivity index (χ3n) is 3.12. The molecule has 7 heteroatoms. The molecule has 0 aliphatic carbocycles. The molecular formula is C15H17BF2N2O2. The second-order valence-corrected chi connectivity index (χ2v) is 5.39. The van der Waals surface area contributed by atoms with Crippen molar-refractivity contribution in [2.75, 3.05) is 0 Å². The van der Waals surface area contributed by atoms with Crippen molar-refractivity contribution in [1.82, 2.24) is 9.78 Å². The summed E-state index contributed by atoms with van der Waals surface area (Å²) in [7, 11) is 1.72. The maximum absolute atomic E-state index is 14.2. The van der Waals surface area contributed by atoms with Gasteiger partial charge in [0.25, 0.3) is 5.56 Å². The van der Waals surface area contributed by atoms with Crippen LogP contribution < -0.4 is 15.8 Å². The second-order valence-electron chi connectivity index (χ2n) is 5.39. The van der Waals surface area contributed by atoms with Gasteiger partial charge in [0.1, 0.15) is 31.3 Å². The van der Waals surface area contributed by atoms with Gasteiger partial charge in [-0.15, -0.1) is 0 Å². The van der Waals surface area contributed by atoms with Crippen LogP contribution in [0.3, 0.4) is 0 Å². The van der Waals surface area contributed by atoms with Crippen molar-refractivity contribution in [3.8, 4) is 11.4 Å². The Morgan fingerprint density at radius 3 is 2.50 bits per heavy atom. The minimum Gasteiger partial charge on any atom is -0.492 e. The minimum absolute atomic E-state index is 0.0238. The Bertz CT molecular complexity index is 745. The van der Waals surface area contributed by atoms with Crippen LogP contribution in [0.25, 0.3) is 5.69 Å². The first-order chi connectivity index (χ1) is 10.3. The lowest BCUT2D eigenvalue weighted by Gasteiger charge is -2.15. The highest BCUT2D eigenvalue weighted by molar-refractivity contribution is 6.34. The van der Waals surface area contributed by atoms with Gasteiger partial charge in [-0.3, -0.25) is 4.79 Å². The highest BCUT2D eigenvalue weighted by atomic mass is 19.1. The summed E-state index contributed by atoms with van der Waals surface area (Å²) in [5, 5.41) is 3.85. The molecule has 1 unspecified atom stereocenters. The Balaban J connectivity index is 2.55. The van der Waals surface area contributed by atoms with E-state index in [1.165, 1.54) is 25.3 Å². The lowest BCUT2D eigenvalue weighted by Crippen LogP contribution is -2.24. The first-order valence-corrected chi connectivity index (χ1v) is 7.00. The molecule has 1 heterocycles. The monoisotopic (exact) mass is 306 g/mol. The van der Waals surface area contributed by atoms with Crippen LogP contribution in [0, 0.1) is 5.82 Å². The fraction of sp³-hybridized carbons (Fsp3) is 0.333. The number of rotatable bonds is 4. The van der Waals surface area contributed by atoms with E-state index in [1.54, 1.807) is 7.85 Å². The molecule has 4 nitrogen and oxygen atoms in total. The molecule has 0 N–H and O–H groups in total. The lowest BCUT2D eigenvalue weighted by atomic mass is 9.94. The van der Waals surface area contributed by atoms with Crippen molar-refractivity contribution in [2.24, 2.45) is 0 Å². The summed E-state index contributed by atoms with van der Waals surface area (Å²) in [6, 6.07) is 3.82. The molecule has 0 saturated carbocycles. The molecule has 0 fully saturated rings. The predicted molar refractivity (Wildman–Crippen MR) is 83.3 cm³/mol. The Hall–Kier alpha value is -2.18. The molecule has 1 atom stereocenters. The largest absolute Gasteiger partial charge is 0.492 e. The van der Waals surface area contributed by atoms with Gasteiger partial charge >= 0.3 is 0 Å². The number of ether oxygens (including phenoxy) is 1. The van der Waals surface area contributed by atoms with E-state index in [9.17, 15) is 13.6 Å². The molecule has 0 radical (unpaired) electrons. The molecule has 0 amide bonds. The highest BCUT2D eigenvalue weighted by Gasteiger charge is 2.14. The van der Waals surface area contributed by atoms with Crippen molar-refractivity contribution in [3.63, 3.8) is 0 Å². The Labute approximate surface area is 128 Å².